The summed E-state index contributed by atoms with van der Waals surface area (Å²) >= 11 is 3.41. The molecule has 0 saturated carbocycles. The van der Waals surface area contributed by atoms with E-state index in [-0.39, 0.29) is 11.7 Å². The average molecular weight is 282 g/mol. The Labute approximate surface area is 103 Å². The second-order valence-corrected chi connectivity index (χ2v) is 4.93. The van der Waals surface area contributed by atoms with Crippen molar-refractivity contribution in [2.75, 3.05) is 11.4 Å². The molecule has 0 spiro atoms. The maximum absolute atomic E-state index is 11.7. The Kier molecular flexibility index (Phi) is 2.84. The summed E-state index contributed by atoms with van der Waals surface area (Å²) in [5.74, 6) is -0.671. The molecule has 0 radical (unpaired) electrons. The zero-order valence-corrected chi connectivity index (χ0v) is 10.8. The van der Waals surface area contributed by atoms with E-state index in [2.05, 4.69) is 15.9 Å². The first-order valence-corrected chi connectivity index (χ1v) is 5.91. The van der Waals surface area contributed by atoms with E-state index >= 15 is 0 Å². The molecule has 1 aliphatic rings. The molecule has 1 fully saturated rings. The number of carbonyl (C=O) groups excluding carboxylic acids is 2. The second kappa shape index (κ2) is 4.01. The maximum atomic E-state index is 11.7. The van der Waals surface area contributed by atoms with Crippen LogP contribution < -0.4 is 4.90 Å². The Bertz CT molecular complexity index is 459. The number of nitrogens with zero attached hydrogens (tertiary/aromatic N) is 1. The summed E-state index contributed by atoms with van der Waals surface area (Å²) in [6.45, 7) is 4.40. The van der Waals surface area contributed by atoms with Crippen molar-refractivity contribution in [2.45, 2.75) is 20.3 Å². The van der Waals surface area contributed by atoms with Gasteiger partial charge in [0.2, 0.25) is 5.78 Å². The van der Waals surface area contributed by atoms with Crippen molar-refractivity contribution in [3.8, 4) is 0 Å². The van der Waals surface area contributed by atoms with Crippen LogP contribution >= 0.6 is 15.9 Å². The standard InChI is InChI=1S/C12H12BrNO2/c1-7-5-9(13)6-8(2)11(7)14-4-3-10(15)12(14)16/h5-6H,3-4H2,1-2H3. The number of aryl methyl sites for hydroxylation is 2. The number of carbonyl (C=O) groups is 2. The lowest BCUT2D eigenvalue weighted by Gasteiger charge is -2.20. The lowest BCUT2D eigenvalue weighted by atomic mass is 10.1. The van der Waals surface area contributed by atoms with Crippen LogP contribution in [0.2, 0.25) is 0 Å². The third kappa shape index (κ3) is 1.78. The summed E-state index contributed by atoms with van der Waals surface area (Å²) in [4.78, 5) is 24.5. The lowest BCUT2D eigenvalue weighted by molar-refractivity contribution is -0.133. The van der Waals surface area contributed by atoms with Crippen molar-refractivity contribution in [2.24, 2.45) is 0 Å². The summed E-state index contributed by atoms with van der Waals surface area (Å²) in [6, 6.07) is 3.91. The number of hydrogen-bond donors (Lipinski definition) is 0. The zero-order chi connectivity index (χ0) is 11.9. The van der Waals surface area contributed by atoms with E-state index in [1.54, 1.807) is 4.90 Å². The van der Waals surface area contributed by atoms with E-state index in [0.29, 0.717) is 13.0 Å². The number of Topliss-reactive ketones (excluding diaryl/α,β-unsaturated/α-hetero) is 1. The molecule has 1 aliphatic heterocycles. The van der Waals surface area contributed by atoms with Gasteiger partial charge in [0.15, 0.2) is 0 Å². The number of amides is 1. The van der Waals surface area contributed by atoms with Crippen molar-refractivity contribution in [1.82, 2.24) is 0 Å². The Morgan fingerprint density at radius 3 is 2.19 bits per heavy atom. The third-order valence-corrected chi connectivity index (χ3v) is 3.23. The Morgan fingerprint density at radius 2 is 1.75 bits per heavy atom. The molecule has 1 saturated heterocycles. The summed E-state index contributed by atoms with van der Waals surface area (Å²) < 4.78 is 0.990. The zero-order valence-electron chi connectivity index (χ0n) is 9.21. The van der Waals surface area contributed by atoms with Gasteiger partial charge in [-0.05, 0) is 37.1 Å². The predicted molar refractivity (Wildman–Crippen MR) is 65.6 cm³/mol. The summed E-state index contributed by atoms with van der Waals surface area (Å²) in [6.07, 6.45) is 0.327. The first-order chi connectivity index (χ1) is 7.50. The maximum Gasteiger partial charge on any atom is 0.294 e. The SMILES string of the molecule is Cc1cc(Br)cc(C)c1N1CCC(=O)C1=O. The summed E-state index contributed by atoms with van der Waals surface area (Å²) in [7, 11) is 0. The largest absolute Gasteiger partial charge is 0.305 e. The molecule has 3 nitrogen and oxygen atoms in total. The minimum absolute atomic E-state index is 0.290. The first kappa shape index (κ1) is 11.3. The van der Waals surface area contributed by atoms with E-state index in [9.17, 15) is 9.59 Å². The normalized spacial score (nSPS) is 16.1. The van der Waals surface area contributed by atoms with E-state index < -0.39 is 0 Å². The second-order valence-electron chi connectivity index (χ2n) is 4.02. The Balaban J connectivity index is 2.49. The number of hydrogen-bond acceptors (Lipinski definition) is 2. The number of halogens is 1. The predicted octanol–water partition coefficient (Wildman–Crippen LogP) is 2.37. The van der Waals surface area contributed by atoms with Gasteiger partial charge in [-0.25, -0.2) is 0 Å². The molecule has 16 heavy (non-hydrogen) atoms. The van der Waals surface area contributed by atoms with Crippen LogP contribution in [-0.4, -0.2) is 18.2 Å². The fourth-order valence-electron chi connectivity index (χ4n) is 2.11. The van der Waals surface area contributed by atoms with Gasteiger partial charge >= 0.3 is 0 Å². The molecule has 2 rings (SSSR count). The van der Waals surface area contributed by atoms with Crippen LogP contribution in [0.5, 0.6) is 0 Å². The highest BCUT2D eigenvalue weighted by Crippen LogP contribution is 2.30. The molecule has 0 unspecified atom stereocenters. The van der Waals surface area contributed by atoms with Crippen LogP contribution in [0.3, 0.4) is 0 Å². The Hall–Kier alpha value is -1.16. The van der Waals surface area contributed by atoms with E-state index in [1.807, 2.05) is 26.0 Å². The van der Waals surface area contributed by atoms with Crippen LogP contribution in [0.25, 0.3) is 0 Å². The molecule has 1 amide bonds. The van der Waals surface area contributed by atoms with Crippen LogP contribution in [0.4, 0.5) is 5.69 Å². The van der Waals surface area contributed by atoms with Crippen molar-refractivity contribution >= 4 is 33.3 Å². The molecule has 4 heteroatoms. The average Bonchev–Trinajstić information content (AvgIpc) is 2.48. The van der Waals surface area contributed by atoms with Crippen LogP contribution in [0, 0.1) is 13.8 Å². The van der Waals surface area contributed by atoms with Gasteiger partial charge in [-0.15, -0.1) is 0 Å². The molecule has 0 bridgehead atoms. The molecule has 0 N–H and O–H groups in total. The molecule has 1 aromatic carbocycles. The van der Waals surface area contributed by atoms with Crippen molar-refractivity contribution in [3.63, 3.8) is 0 Å². The molecular weight excluding hydrogens is 270 g/mol. The van der Waals surface area contributed by atoms with Crippen LogP contribution in [0.1, 0.15) is 17.5 Å². The lowest BCUT2D eigenvalue weighted by Crippen LogP contribution is -2.28. The van der Waals surface area contributed by atoms with Crippen LogP contribution in [0.15, 0.2) is 16.6 Å². The van der Waals surface area contributed by atoms with E-state index in [0.717, 1.165) is 21.3 Å². The van der Waals surface area contributed by atoms with Gasteiger partial charge in [-0.3, -0.25) is 9.59 Å². The minimum Gasteiger partial charge on any atom is -0.305 e. The number of benzene rings is 1. The van der Waals surface area contributed by atoms with E-state index in [1.165, 1.54) is 0 Å². The first-order valence-electron chi connectivity index (χ1n) is 5.12. The summed E-state index contributed by atoms with van der Waals surface area (Å²) in [5, 5.41) is 0. The van der Waals surface area contributed by atoms with Gasteiger partial charge in [0, 0.05) is 23.1 Å². The highest BCUT2D eigenvalue weighted by atomic mass is 79.9. The van der Waals surface area contributed by atoms with Gasteiger partial charge < -0.3 is 4.90 Å². The number of anilines is 1. The van der Waals surface area contributed by atoms with Gasteiger partial charge in [-0.2, -0.15) is 0 Å². The molecule has 1 aromatic rings. The minimum atomic E-state index is -0.381. The van der Waals surface area contributed by atoms with Gasteiger partial charge in [0.25, 0.3) is 5.91 Å². The topological polar surface area (TPSA) is 37.4 Å². The van der Waals surface area contributed by atoms with Gasteiger partial charge in [0.05, 0.1) is 0 Å². The number of rotatable bonds is 1. The van der Waals surface area contributed by atoms with Crippen molar-refractivity contribution < 1.29 is 9.59 Å². The molecule has 0 aliphatic carbocycles. The molecule has 1 heterocycles. The molecular formula is C12H12BrNO2. The summed E-state index contributed by atoms with van der Waals surface area (Å²) in [5.41, 5.74) is 2.89. The number of ketones is 1. The van der Waals surface area contributed by atoms with E-state index in [4.69, 9.17) is 0 Å². The van der Waals surface area contributed by atoms with Crippen LogP contribution in [-0.2, 0) is 9.59 Å². The Morgan fingerprint density at radius 1 is 1.19 bits per heavy atom. The fraction of sp³-hybridized carbons (Fsp3) is 0.333. The monoisotopic (exact) mass is 281 g/mol. The highest BCUT2D eigenvalue weighted by Gasteiger charge is 2.31. The fourth-order valence-corrected chi connectivity index (χ4v) is 2.80. The van der Waals surface area contributed by atoms with Gasteiger partial charge in [0.1, 0.15) is 0 Å². The van der Waals surface area contributed by atoms with Gasteiger partial charge in [-0.1, -0.05) is 15.9 Å². The molecule has 84 valence electrons. The van der Waals surface area contributed by atoms with Crippen molar-refractivity contribution in [1.29, 1.82) is 0 Å². The quantitative estimate of drug-likeness (QED) is 0.742. The highest BCUT2D eigenvalue weighted by molar-refractivity contribution is 9.10. The smallest absolute Gasteiger partial charge is 0.294 e. The molecule has 0 aromatic heterocycles. The third-order valence-electron chi connectivity index (χ3n) is 2.77. The van der Waals surface area contributed by atoms with Crippen molar-refractivity contribution in [3.05, 3.63) is 27.7 Å². The molecule has 0 atom stereocenters.